The van der Waals surface area contributed by atoms with Crippen LogP contribution in [-0.2, 0) is 14.8 Å². The standard InChI is InChI=1S/C15H13BrN6O4S2/c16-11-1-2-13(27-11)28(25,26)22-4-3-21(7-10(22)15(23)24)12-6-18-9-5-17-8-19-14(9)20-12/h1-2,5-6,8,10H,3-4,7H2,(H,23,24). The number of anilines is 1. The van der Waals surface area contributed by atoms with E-state index in [9.17, 15) is 18.3 Å². The lowest BCUT2D eigenvalue weighted by molar-refractivity contribution is -0.141. The third-order valence-electron chi connectivity index (χ3n) is 4.26. The highest BCUT2D eigenvalue weighted by molar-refractivity contribution is 9.11. The quantitative estimate of drug-likeness (QED) is 0.580. The van der Waals surface area contributed by atoms with Crippen LogP contribution in [0, 0.1) is 0 Å². The molecule has 1 fully saturated rings. The number of aliphatic carboxylic acids is 1. The number of rotatable bonds is 4. The zero-order valence-corrected chi connectivity index (χ0v) is 17.4. The molecule has 1 aliphatic heterocycles. The summed E-state index contributed by atoms with van der Waals surface area (Å²) >= 11 is 4.28. The molecule has 1 atom stereocenters. The Bertz CT molecular complexity index is 1150. The second-order valence-electron chi connectivity index (χ2n) is 5.93. The summed E-state index contributed by atoms with van der Waals surface area (Å²) in [5.41, 5.74) is 0.906. The highest BCUT2D eigenvalue weighted by Gasteiger charge is 2.41. The molecule has 13 heteroatoms. The van der Waals surface area contributed by atoms with Gasteiger partial charge < -0.3 is 10.0 Å². The van der Waals surface area contributed by atoms with E-state index in [-0.39, 0.29) is 23.8 Å². The molecule has 1 aliphatic rings. The first-order valence-corrected chi connectivity index (χ1v) is 11.1. The van der Waals surface area contributed by atoms with Crippen LogP contribution in [0.4, 0.5) is 5.82 Å². The Labute approximate surface area is 172 Å². The lowest BCUT2D eigenvalue weighted by atomic mass is 10.2. The van der Waals surface area contributed by atoms with Gasteiger partial charge in [0.05, 0.1) is 16.2 Å². The number of carbonyl (C=O) groups is 1. The Morgan fingerprint density at radius 2 is 2.07 bits per heavy atom. The third-order valence-corrected chi connectivity index (χ3v) is 8.26. The average molecular weight is 485 g/mol. The van der Waals surface area contributed by atoms with Crippen LogP contribution in [0.25, 0.3) is 11.2 Å². The van der Waals surface area contributed by atoms with Gasteiger partial charge in [0, 0.05) is 19.6 Å². The number of halogens is 1. The molecule has 3 aromatic heterocycles. The Hall–Kier alpha value is -2.22. The van der Waals surface area contributed by atoms with Crippen LogP contribution in [0.2, 0.25) is 0 Å². The Balaban J connectivity index is 1.63. The first-order chi connectivity index (χ1) is 13.4. The van der Waals surface area contributed by atoms with Gasteiger partial charge in [-0.15, -0.1) is 11.3 Å². The van der Waals surface area contributed by atoms with Gasteiger partial charge in [-0.25, -0.2) is 28.4 Å². The van der Waals surface area contributed by atoms with E-state index < -0.39 is 22.0 Å². The molecule has 0 aromatic carbocycles. The van der Waals surface area contributed by atoms with Crippen molar-refractivity contribution in [3.05, 3.63) is 34.6 Å². The molecule has 146 valence electrons. The molecule has 0 amide bonds. The van der Waals surface area contributed by atoms with Crippen molar-refractivity contribution >= 4 is 60.2 Å². The van der Waals surface area contributed by atoms with Gasteiger partial charge in [0.1, 0.15) is 27.9 Å². The molecule has 0 spiro atoms. The molecule has 1 unspecified atom stereocenters. The molecule has 0 bridgehead atoms. The monoisotopic (exact) mass is 484 g/mol. The summed E-state index contributed by atoms with van der Waals surface area (Å²) in [7, 11) is -3.92. The number of aromatic nitrogens is 4. The van der Waals surface area contributed by atoms with Crippen molar-refractivity contribution in [3.63, 3.8) is 0 Å². The summed E-state index contributed by atoms with van der Waals surface area (Å²) < 4.78 is 27.6. The fourth-order valence-electron chi connectivity index (χ4n) is 2.93. The van der Waals surface area contributed by atoms with Gasteiger partial charge in [-0.2, -0.15) is 4.31 Å². The Morgan fingerprint density at radius 3 is 2.79 bits per heavy atom. The minimum atomic E-state index is -3.92. The predicted octanol–water partition coefficient (Wildman–Crippen LogP) is 1.21. The molecule has 3 aromatic rings. The summed E-state index contributed by atoms with van der Waals surface area (Å²) in [6.45, 7) is 0.242. The molecule has 10 nitrogen and oxygen atoms in total. The van der Waals surface area contributed by atoms with Crippen molar-refractivity contribution in [1.82, 2.24) is 24.2 Å². The van der Waals surface area contributed by atoms with Gasteiger partial charge in [-0.3, -0.25) is 4.79 Å². The van der Waals surface area contributed by atoms with Gasteiger partial charge in [0.15, 0.2) is 5.65 Å². The minimum Gasteiger partial charge on any atom is -0.480 e. The van der Waals surface area contributed by atoms with Crippen LogP contribution in [0.5, 0.6) is 0 Å². The zero-order valence-electron chi connectivity index (χ0n) is 14.1. The lowest BCUT2D eigenvalue weighted by Crippen LogP contribution is -2.58. The van der Waals surface area contributed by atoms with Crippen molar-refractivity contribution in [2.45, 2.75) is 10.3 Å². The van der Waals surface area contributed by atoms with Crippen LogP contribution < -0.4 is 4.90 Å². The molecule has 0 aliphatic carbocycles. The number of carboxylic acids is 1. The molecule has 0 radical (unpaired) electrons. The number of hydrogen-bond acceptors (Lipinski definition) is 9. The molecule has 1 saturated heterocycles. The zero-order chi connectivity index (χ0) is 19.9. The predicted molar refractivity (Wildman–Crippen MR) is 105 cm³/mol. The van der Waals surface area contributed by atoms with Crippen LogP contribution in [0.15, 0.2) is 38.8 Å². The second kappa shape index (κ2) is 7.31. The first kappa shape index (κ1) is 19.1. The number of piperazine rings is 1. The fourth-order valence-corrected chi connectivity index (χ4v) is 6.63. The molecule has 1 N–H and O–H groups in total. The normalized spacial score (nSPS) is 18.5. The number of hydrogen-bond donors (Lipinski definition) is 1. The van der Waals surface area contributed by atoms with E-state index in [1.807, 2.05) is 0 Å². The molecule has 0 saturated carbocycles. The highest BCUT2D eigenvalue weighted by Crippen LogP contribution is 2.31. The molecular formula is C15H13BrN6O4S2. The number of thiophene rings is 1. The molecular weight excluding hydrogens is 472 g/mol. The summed E-state index contributed by atoms with van der Waals surface area (Å²) in [5, 5.41) is 9.67. The minimum absolute atomic E-state index is 0.0122. The van der Waals surface area contributed by atoms with E-state index in [0.717, 1.165) is 15.6 Å². The largest absolute Gasteiger partial charge is 0.480 e. The molecule has 28 heavy (non-hydrogen) atoms. The Morgan fingerprint density at radius 1 is 1.25 bits per heavy atom. The van der Waals surface area contributed by atoms with E-state index in [0.29, 0.717) is 20.8 Å². The van der Waals surface area contributed by atoms with Gasteiger partial charge >= 0.3 is 5.97 Å². The number of nitrogens with zero attached hydrogens (tertiary/aromatic N) is 6. The van der Waals surface area contributed by atoms with Crippen LogP contribution in [0.3, 0.4) is 0 Å². The van der Waals surface area contributed by atoms with Gasteiger partial charge in [-0.05, 0) is 28.1 Å². The third kappa shape index (κ3) is 3.45. The average Bonchev–Trinajstić information content (AvgIpc) is 3.14. The van der Waals surface area contributed by atoms with E-state index in [2.05, 4.69) is 35.9 Å². The maximum Gasteiger partial charge on any atom is 0.323 e. The maximum absolute atomic E-state index is 12.9. The molecule has 4 rings (SSSR count). The second-order valence-corrected chi connectivity index (χ2v) is 10.5. The van der Waals surface area contributed by atoms with E-state index >= 15 is 0 Å². The highest BCUT2D eigenvalue weighted by atomic mass is 79.9. The fraction of sp³-hybridized carbons (Fsp3) is 0.267. The van der Waals surface area contributed by atoms with Crippen LogP contribution in [-0.4, -0.2) is 69.4 Å². The number of sulfonamides is 1. The number of carboxylic acid groups (broad SMARTS) is 1. The summed E-state index contributed by atoms with van der Waals surface area (Å²) in [6.07, 6.45) is 4.39. The Kier molecular flexibility index (Phi) is 4.99. The lowest BCUT2D eigenvalue weighted by Gasteiger charge is -2.38. The molecule has 4 heterocycles. The number of fused-ring (bicyclic) bond motifs is 1. The summed E-state index contributed by atoms with van der Waals surface area (Å²) in [5.74, 6) is -0.784. The van der Waals surface area contributed by atoms with E-state index in [4.69, 9.17) is 0 Å². The van der Waals surface area contributed by atoms with Crippen molar-refractivity contribution in [1.29, 1.82) is 0 Å². The van der Waals surface area contributed by atoms with E-state index in [1.54, 1.807) is 11.0 Å². The van der Waals surface area contributed by atoms with Crippen LogP contribution >= 0.6 is 27.3 Å². The van der Waals surface area contributed by atoms with Crippen LogP contribution in [0.1, 0.15) is 0 Å². The summed E-state index contributed by atoms with van der Waals surface area (Å²) in [6, 6.07) is 1.84. The SMILES string of the molecule is O=C(O)C1CN(c2cnc3cncnc3n2)CCN1S(=O)(=O)c1ccc(Br)s1. The first-order valence-electron chi connectivity index (χ1n) is 8.04. The van der Waals surface area contributed by atoms with Gasteiger partial charge in [0.2, 0.25) is 0 Å². The van der Waals surface area contributed by atoms with Crippen molar-refractivity contribution in [2.24, 2.45) is 0 Å². The van der Waals surface area contributed by atoms with Crippen molar-refractivity contribution in [2.75, 3.05) is 24.5 Å². The topological polar surface area (TPSA) is 129 Å². The summed E-state index contributed by atoms with van der Waals surface area (Å²) in [4.78, 5) is 30.1. The smallest absolute Gasteiger partial charge is 0.323 e. The van der Waals surface area contributed by atoms with Gasteiger partial charge in [0.25, 0.3) is 10.0 Å². The van der Waals surface area contributed by atoms with Crippen molar-refractivity contribution in [3.8, 4) is 0 Å². The van der Waals surface area contributed by atoms with Crippen molar-refractivity contribution < 1.29 is 18.3 Å². The van der Waals surface area contributed by atoms with Gasteiger partial charge in [-0.1, -0.05) is 0 Å². The van der Waals surface area contributed by atoms with E-state index in [1.165, 1.54) is 24.8 Å². The maximum atomic E-state index is 12.9.